The van der Waals surface area contributed by atoms with Crippen LogP contribution in [0.15, 0.2) is 36.0 Å². The predicted octanol–water partition coefficient (Wildman–Crippen LogP) is 1.37. The molecule has 1 saturated heterocycles. The number of likely N-dealkylation sites (tertiary alicyclic amines) is 1. The van der Waals surface area contributed by atoms with Crippen molar-refractivity contribution in [3.05, 3.63) is 41.7 Å². The number of aromatic nitrogens is 5. The lowest BCUT2D eigenvalue weighted by molar-refractivity contribution is -0.127. The first-order valence-corrected chi connectivity index (χ1v) is 10.0. The third-order valence-corrected chi connectivity index (χ3v) is 5.47. The summed E-state index contributed by atoms with van der Waals surface area (Å²) in [6.45, 7) is 4.67. The molecule has 1 aliphatic rings. The number of fused-ring (bicyclic) bond motifs is 1. The molecule has 0 radical (unpaired) electrons. The number of ether oxygens (including phenoxy) is 1. The van der Waals surface area contributed by atoms with Gasteiger partial charge in [-0.1, -0.05) is 6.58 Å². The number of hydrogen-bond donors (Lipinski definition) is 2. The fourth-order valence-electron chi connectivity index (χ4n) is 3.99. The first-order valence-electron chi connectivity index (χ1n) is 10.0. The lowest BCUT2D eigenvalue weighted by Crippen LogP contribution is -2.43. The molecule has 3 aromatic heterocycles. The first-order chi connectivity index (χ1) is 15.0. The van der Waals surface area contributed by atoms with Gasteiger partial charge >= 0.3 is 5.69 Å². The number of nitrogens with one attached hydrogen (secondary N) is 2. The van der Waals surface area contributed by atoms with Gasteiger partial charge < -0.3 is 20.3 Å². The Morgan fingerprint density at radius 1 is 1.35 bits per heavy atom. The third-order valence-electron chi connectivity index (χ3n) is 5.47. The number of hydrogen-bond acceptors (Lipinski definition) is 7. The maximum Gasteiger partial charge on any atom is 0.335 e. The zero-order chi connectivity index (χ0) is 22.1. The van der Waals surface area contributed by atoms with Crippen LogP contribution in [0.4, 0.5) is 17.2 Å². The molecule has 1 fully saturated rings. The summed E-state index contributed by atoms with van der Waals surface area (Å²) in [5.41, 5.74) is 1.53. The third kappa shape index (κ3) is 3.62. The number of piperidine rings is 1. The molecule has 1 aliphatic heterocycles. The smallest absolute Gasteiger partial charge is 0.335 e. The molecule has 2 N–H and O–H groups in total. The van der Waals surface area contributed by atoms with Gasteiger partial charge in [-0.05, 0) is 18.9 Å². The molecule has 31 heavy (non-hydrogen) atoms. The largest absolute Gasteiger partial charge is 0.478 e. The molecule has 0 bridgehead atoms. The van der Waals surface area contributed by atoms with Gasteiger partial charge in [0.1, 0.15) is 11.5 Å². The van der Waals surface area contributed by atoms with E-state index in [9.17, 15) is 9.59 Å². The van der Waals surface area contributed by atoms with Gasteiger partial charge in [-0.25, -0.2) is 14.2 Å². The zero-order valence-electron chi connectivity index (χ0n) is 17.8. The lowest BCUT2D eigenvalue weighted by atomic mass is 10.1. The minimum Gasteiger partial charge on any atom is -0.478 e. The van der Waals surface area contributed by atoms with Crippen molar-refractivity contribution >= 4 is 28.7 Å². The monoisotopic (exact) mass is 426 g/mol. The molecule has 3 aromatic rings. The fraction of sp³-hybridized carbons (Fsp3) is 0.400. The van der Waals surface area contributed by atoms with Crippen LogP contribution in [0.25, 0.3) is 5.65 Å². The van der Waals surface area contributed by atoms with Crippen molar-refractivity contribution in [2.24, 2.45) is 7.05 Å². The molecule has 4 heterocycles. The predicted molar refractivity (Wildman–Crippen MR) is 117 cm³/mol. The quantitative estimate of drug-likeness (QED) is 0.573. The van der Waals surface area contributed by atoms with Crippen molar-refractivity contribution in [1.82, 2.24) is 28.6 Å². The first kappa shape index (κ1) is 20.5. The molecular weight excluding hydrogens is 400 g/mol. The van der Waals surface area contributed by atoms with Crippen molar-refractivity contribution in [1.29, 1.82) is 0 Å². The number of aryl methyl sites for hydroxylation is 1. The number of anilines is 3. The Hall–Kier alpha value is -3.76. The second-order valence-electron chi connectivity index (χ2n) is 7.42. The Bertz CT molecular complexity index is 1190. The van der Waals surface area contributed by atoms with Crippen LogP contribution in [0.5, 0.6) is 5.88 Å². The van der Waals surface area contributed by atoms with Crippen molar-refractivity contribution in [2.75, 3.05) is 37.9 Å². The molecule has 11 heteroatoms. The van der Waals surface area contributed by atoms with Crippen LogP contribution in [-0.2, 0) is 11.8 Å². The van der Waals surface area contributed by atoms with Crippen molar-refractivity contribution in [3.8, 4) is 5.88 Å². The van der Waals surface area contributed by atoms with E-state index < -0.39 is 0 Å². The number of rotatable bonds is 6. The molecule has 164 valence electrons. The van der Waals surface area contributed by atoms with Gasteiger partial charge in [0.25, 0.3) is 5.88 Å². The van der Waals surface area contributed by atoms with E-state index >= 15 is 0 Å². The van der Waals surface area contributed by atoms with Gasteiger partial charge in [-0.15, -0.1) is 5.10 Å². The highest BCUT2D eigenvalue weighted by Gasteiger charge is 2.26. The summed E-state index contributed by atoms with van der Waals surface area (Å²) in [7, 11) is 5.08. The molecule has 4 rings (SSSR count). The minimum absolute atomic E-state index is 0.129. The minimum atomic E-state index is -0.224. The van der Waals surface area contributed by atoms with E-state index in [0.717, 1.165) is 12.8 Å². The summed E-state index contributed by atoms with van der Waals surface area (Å²) >= 11 is 0. The van der Waals surface area contributed by atoms with Crippen molar-refractivity contribution < 1.29 is 9.53 Å². The molecule has 1 unspecified atom stereocenters. The Balaban J connectivity index is 1.82. The Morgan fingerprint density at radius 3 is 2.87 bits per heavy atom. The lowest BCUT2D eigenvalue weighted by Gasteiger charge is -2.33. The summed E-state index contributed by atoms with van der Waals surface area (Å²) in [6, 6.07) is -0.169. The molecule has 1 atom stereocenters. The molecule has 11 nitrogen and oxygen atoms in total. The standard InChI is InChI=1S/C20H26N8O3/c1-5-17(29)26-8-6-7-13(10-26)27-12-14(23-15-11-25(3)24-19(15)31-4)18-22-9-16(21-2)28(18)20(27)30/h5,9,11-13,21,23H,1,6-8,10H2,2-4H3. The van der Waals surface area contributed by atoms with Crippen molar-refractivity contribution in [2.45, 2.75) is 18.9 Å². The molecule has 0 aliphatic carbocycles. The summed E-state index contributed by atoms with van der Waals surface area (Å²) in [5, 5.41) is 10.6. The molecule has 0 spiro atoms. The number of carbonyl (C=O) groups excluding carboxylic acids is 1. The van der Waals surface area contributed by atoms with E-state index in [-0.39, 0.29) is 17.6 Å². The summed E-state index contributed by atoms with van der Waals surface area (Å²) in [5.74, 6) is 0.875. The van der Waals surface area contributed by atoms with Crippen LogP contribution in [0.2, 0.25) is 0 Å². The molecule has 1 amide bonds. The van der Waals surface area contributed by atoms with Crippen LogP contribution in [-0.4, -0.2) is 61.8 Å². The van der Waals surface area contributed by atoms with E-state index in [1.165, 1.54) is 10.5 Å². The van der Waals surface area contributed by atoms with Gasteiger partial charge in [0.15, 0.2) is 5.65 Å². The molecule has 0 aromatic carbocycles. The number of amides is 1. The van der Waals surface area contributed by atoms with Gasteiger partial charge in [0.2, 0.25) is 5.91 Å². The zero-order valence-corrected chi connectivity index (χ0v) is 17.8. The maximum atomic E-state index is 13.4. The van der Waals surface area contributed by atoms with Crippen LogP contribution < -0.4 is 21.1 Å². The second-order valence-corrected chi connectivity index (χ2v) is 7.42. The highest BCUT2D eigenvalue weighted by Crippen LogP contribution is 2.29. The fourth-order valence-corrected chi connectivity index (χ4v) is 3.99. The maximum absolute atomic E-state index is 13.4. The number of carbonyl (C=O) groups is 1. The summed E-state index contributed by atoms with van der Waals surface area (Å²) in [6.07, 6.45) is 8.05. The average molecular weight is 426 g/mol. The van der Waals surface area contributed by atoms with E-state index in [0.29, 0.717) is 41.8 Å². The van der Waals surface area contributed by atoms with Crippen molar-refractivity contribution in [3.63, 3.8) is 0 Å². The van der Waals surface area contributed by atoms with E-state index in [2.05, 4.69) is 27.3 Å². The van der Waals surface area contributed by atoms with E-state index in [1.807, 2.05) is 0 Å². The summed E-state index contributed by atoms with van der Waals surface area (Å²) < 4.78 is 10.2. The number of methoxy groups -OCH3 is 1. The Morgan fingerprint density at radius 2 is 2.16 bits per heavy atom. The second kappa shape index (κ2) is 8.17. The van der Waals surface area contributed by atoms with Gasteiger partial charge in [0.05, 0.1) is 31.2 Å². The van der Waals surface area contributed by atoms with E-state index in [4.69, 9.17) is 4.74 Å². The summed E-state index contributed by atoms with van der Waals surface area (Å²) in [4.78, 5) is 31.7. The van der Waals surface area contributed by atoms with Gasteiger partial charge in [-0.2, -0.15) is 0 Å². The Kier molecular flexibility index (Phi) is 5.40. The van der Waals surface area contributed by atoms with Gasteiger partial charge in [0, 0.05) is 33.4 Å². The molecular formula is C20H26N8O3. The van der Waals surface area contributed by atoms with Crippen LogP contribution in [0.1, 0.15) is 18.9 Å². The normalized spacial score (nSPS) is 16.4. The van der Waals surface area contributed by atoms with Crippen LogP contribution in [0, 0.1) is 0 Å². The average Bonchev–Trinajstić information content (AvgIpc) is 3.38. The highest BCUT2D eigenvalue weighted by atomic mass is 16.5. The highest BCUT2D eigenvalue weighted by molar-refractivity contribution is 5.87. The van der Waals surface area contributed by atoms with Crippen LogP contribution >= 0.6 is 0 Å². The molecule has 0 saturated carbocycles. The van der Waals surface area contributed by atoms with E-state index in [1.54, 1.807) is 53.9 Å². The number of nitrogens with zero attached hydrogens (tertiary/aromatic N) is 6. The Labute approximate surface area is 178 Å². The van der Waals surface area contributed by atoms with Crippen LogP contribution in [0.3, 0.4) is 0 Å². The topological polar surface area (TPSA) is 111 Å². The number of imidazole rings is 1. The SMILES string of the molecule is C=CC(=O)N1CCCC(n2cc(Nc3cn(C)nc3OC)c3ncc(NC)n3c2=O)C1. The van der Waals surface area contributed by atoms with Gasteiger partial charge in [-0.3, -0.25) is 14.0 Å².